The van der Waals surface area contributed by atoms with Gasteiger partial charge in [-0.25, -0.2) is 12.7 Å². The summed E-state index contributed by atoms with van der Waals surface area (Å²) in [6.07, 6.45) is 0. The van der Waals surface area contributed by atoms with Crippen LogP contribution in [0.4, 0.5) is 5.69 Å². The predicted molar refractivity (Wildman–Crippen MR) is 97.6 cm³/mol. The van der Waals surface area contributed by atoms with Crippen molar-refractivity contribution in [2.45, 2.75) is 11.8 Å². The molecule has 134 valence electrons. The van der Waals surface area contributed by atoms with E-state index in [0.29, 0.717) is 5.69 Å². The van der Waals surface area contributed by atoms with E-state index in [4.69, 9.17) is 16.3 Å². The van der Waals surface area contributed by atoms with E-state index < -0.39 is 10.0 Å². The van der Waals surface area contributed by atoms with Crippen LogP contribution in [0, 0.1) is 6.92 Å². The molecule has 0 spiro atoms. The largest absolute Gasteiger partial charge is 0.482 e. The number of carbonyl (C=O) groups excluding carboxylic acids is 1. The lowest BCUT2D eigenvalue weighted by molar-refractivity contribution is -0.118. The Morgan fingerprint density at radius 3 is 2.48 bits per heavy atom. The van der Waals surface area contributed by atoms with Crippen molar-refractivity contribution in [2.75, 3.05) is 26.0 Å². The number of rotatable bonds is 6. The number of nitrogens with one attached hydrogen (secondary N) is 1. The van der Waals surface area contributed by atoms with Crippen LogP contribution >= 0.6 is 11.6 Å². The minimum Gasteiger partial charge on any atom is -0.482 e. The molecule has 2 rings (SSSR count). The molecule has 2 aromatic rings. The van der Waals surface area contributed by atoms with Crippen LogP contribution in [0.2, 0.25) is 5.02 Å². The van der Waals surface area contributed by atoms with E-state index in [9.17, 15) is 13.2 Å². The smallest absolute Gasteiger partial charge is 0.262 e. The molecule has 0 bridgehead atoms. The number of ether oxygens (including phenoxy) is 1. The van der Waals surface area contributed by atoms with Crippen LogP contribution in [0.1, 0.15) is 5.56 Å². The molecule has 0 aliphatic heterocycles. The molecule has 0 saturated heterocycles. The molecule has 8 heteroatoms. The second-order valence-corrected chi connectivity index (χ2v) is 8.09. The molecule has 0 radical (unpaired) electrons. The lowest BCUT2D eigenvalue weighted by Crippen LogP contribution is -2.22. The van der Waals surface area contributed by atoms with Gasteiger partial charge in [0.15, 0.2) is 6.61 Å². The third kappa shape index (κ3) is 4.72. The number of hydrogen-bond donors (Lipinski definition) is 1. The van der Waals surface area contributed by atoms with Gasteiger partial charge in [-0.1, -0.05) is 29.8 Å². The highest BCUT2D eigenvalue weighted by molar-refractivity contribution is 7.89. The zero-order chi connectivity index (χ0) is 18.6. The van der Waals surface area contributed by atoms with Gasteiger partial charge in [0.05, 0.1) is 9.92 Å². The summed E-state index contributed by atoms with van der Waals surface area (Å²) in [4.78, 5) is 12.0. The second kappa shape index (κ2) is 7.86. The fourth-order valence-electron chi connectivity index (χ4n) is 2.01. The zero-order valence-electron chi connectivity index (χ0n) is 14.1. The third-order valence-electron chi connectivity index (χ3n) is 3.46. The van der Waals surface area contributed by atoms with Gasteiger partial charge < -0.3 is 10.1 Å². The molecule has 0 heterocycles. The van der Waals surface area contributed by atoms with Crippen molar-refractivity contribution in [2.24, 2.45) is 0 Å². The van der Waals surface area contributed by atoms with E-state index in [1.54, 1.807) is 6.07 Å². The number of nitrogens with zero attached hydrogens (tertiary/aromatic N) is 1. The summed E-state index contributed by atoms with van der Waals surface area (Å²) >= 11 is 6.07. The molecular weight excluding hydrogens is 364 g/mol. The van der Waals surface area contributed by atoms with E-state index in [2.05, 4.69) is 5.32 Å². The Kier molecular flexibility index (Phi) is 6.05. The maximum atomic E-state index is 12.1. The van der Waals surface area contributed by atoms with Crippen molar-refractivity contribution >= 4 is 33.2 Å². The number of carbonyl (C=O) groups is 1. The number of para-hydroxylation sites is 1. The van der Waals surface area contributed by atoms with Crippen molar-refractivity contribution in [3.05, 3.63) is 53.1 Å². The quantitative estimate of drug-likeness (QED) is 0.833. The normalized spacial score (nSPS) is 11.4. The molecule has 0 saturated carbocycles. The number of aryl methyl sites for hydroxylation is 1. The minimum atomic E-state index is -3.58. The first-order valence-electron chi connectivity index (χ1n) is 7.42. The highest BCUT2D eigenvalue weighted by atomic mass is 35.5. The summed E-state index contributed by atoms with van der Waals surface area (Å²) < 4.78 is 30.6. The highest BCUT2D eigenvalue weighted by Crippen LogP contribution is 2.28. The van der Waals surface area contributed by atoms with Crippen molar-refractivity contribution in [1.29, 1.82) is 0 Å². The Labute approximate surface area is 152 Å². The van der Waals surface area contributed by atoms with Crippen LogP contribution in [-0.2, 0) is 14.8 Å². The number of benzene rings is 2. The van der Waals surface area contributed by atoms with Crippen LogP contribution in [0.5, 0.6) is 5.75 Å². The zero-order valence-corrected chi connectivity index (χ0v) is 15.7. The molecule has 2 aromatic carbocycles. The molecule has 0 aromatic heterocycles. The first-order chi connectivity index (χ1) is 11.7. The number of hydrogen-bond acceptors (Lipinski definition) is 4. The summed E-state index contributed by atoms with van der Waals surface area (Å²) in [6, 6.07) is 11.5. The molecule has 1 amide bonds. The Morgan fingerprint density at radius 2 is 1.88 bits per heavy atom. The predicted octanol–water partition coefficient (Wildman–Crippen LogP) is 2.92. The van der Waals surface area contributed by atoms with E-state index in [-0.39, 0.29) is 28.2 Å². The van der Waals surface area contributed by atoms with Gasteiger partial charge in [0, 0.05) is 19.8 Å². The number of sulfonamides is 1. The molecule has 0 unspecified atom stereocenters. The molecule has 0 fully saturated rings. The number of halogens is 1. The van der Waals surface area contributed by atoms with Gasteiger partial charge in [-0.05, 0) is 36.8 Å². The summed E-state index contributed by atoms with van der Waals surface area (Å²) in [5, 5.41) is 2.86. The van der Waals surface area contributed by atoms with Crippen molar-refractivity contribution < 1.29 is 17.9 Å². The summed E-state index contributed by atoms with van der Waals surface area (Å²) in [6.45, 7) is 1.64. The molecule has 6 nitrogen and oxygen atoms in total. The fourth-order valence-corrected chi connectivity index (χ4v) is 3.24. The van der Waals surface area contributed by atoms with Gasteiger partial charge in [0.2, 0.25) is 10.0 Å². The van der Waals surface area contributed by atoms with E-state index in [0.717, 1.165) is 9.87 Å². The maximum absolute atomic E-state index is 12.1. The molecular formula is C17H19ClN2O4S. The Morgan fingerprint density at radius 1 is 1.20 bits per heavy atom. The van der Waals surface area contributed by atoms with Gasteiger partial charge in [-0.15, -0.1) is 0 Å². The van der Waals surface area contributed by atoms with E-state index in [1.165, 1.54) is 32.3 Å². The lowest BCUT2D eigenvalue weighted by atomic mass is 10.2. The van der Waals surface area contributed by atoms with Crippen LogP contribution in [-0.4, -0.2) is 39.3 Å². The van der Waals surface area contributed by atoms with Gasteiger partial charge in [-0.3, -0.25) is 4.79 Å². The standard InChI is InChI=1S/C17H19ClN2O4S/c1-12-6-4-5-7-15(12)19-17(21)11-24-16-9-8-13(10-14(16)18)25(22,23)20(2)3/h4-10H,11H2,1-3H3,(H,19,21). The van der Waals surface area contributed by atoms with E-state index in [1.807, 2.05) is 25.1 Å². The number of amides is 1. The highest BCUT2D eigenvalue weighted by Gasteiger charge is 2.19. The monoisotopic (exact) mass is 382 g/mol. The average Bonchev–Trinajstić information content (AvgIpc) is 2.55. The maximum Gasteiger partial charge on any atom is 0.262 e. The van der Waals surface area contributed by atoms with Gasteiger partial charge in [0.1, 0.15) is 5.75 Å². The SMILES string of the molecule is Cc1ccccc1NC(=O)COc1ccc(S(=O)(=O)N(C)C)cc1Cl. The summed E-state index contributed by atoms with van der Waals surface area (Å²) in [7, 11) is -0.711. The van der Waals surface area contributed by atoms with Crippen LogP contribution in [0.15, 0.2) is 47.4 Å². The van der Waals surface area contributed by atoms with E-state index >= 15 is 0 Å². The summed E-state index contributed by atoms with van der Waals surface area (Å²) in [5.41, 5.74) is 1.64. The minimum absolute atomic E-state index is 0.0548. The van der Waals surface area contributed by atoms with Crippen molar-refractivity contribution in [3.8, 4) is 5.75 Å². The third-order valence-corrected chi connectivity index (χ3v) is 5.57. The van der Waals surface area contributed by atoms with Crippen LogP contribution < -0.4 is 10.1 Å². The molecule has 1 N–H and O–H groups in total. The molecule has 0 atom stereocenters. The number of anilines is 1. The lowest BCUT2D eigenvalue weighted by Gasteiger charge is -2.13. The molecule has 0 aliphatic rings. The Hall–Kier alpha value is -2.09. The van der Waals surface area contributed by atoms with Gasteiger partial charge in [0.25, 0.3) is 5.91 Å². The van der Waals surface area contributed by atoms with Gasteiger partial charge >= 0.3 is 0 Å². The van der Waals surface area contributed by atoms with Crippen molar-refractivity contribution in [1.82, 2.24) is 4.31 Å². The van der Waals surface area contributed by atoms with Gasteiger partial charge in [-0.2, -0.15) is 0 Å². The average molecular weight is 383 g/mol. The Balaban J connectivity index is 2.04. The Bertz CT molecular complexity index is 882. The second-order valence-electron chi connectivity index (χ2n) is 5.53. The summed E-state index contributed by atoms with van der Waals surface area (Å²) in [5.74, 6) is -0.102. The fraction of sp³-hybridized carbons (Fsp3) is 0.235. The molecule has 25 heavy (non-hydrogen) atoms. The van der Waals surface area contributed by atoms with Crippen LogP contribution in [0.3, 0.4) is 0 Å². The molecule has 0 aliphatic carbocycles. The van der Waals surface area contributed by atoms with Crippen LogP contribution in [0.25, 0.3) is 0 Å². The first-order valence-corrected chi connectivity index (χ1v) is 9.24. The topological polar surface area (TPSA) is 75.7 Å². The van der Waals surface area contributed by atoms with Crippen molar-refractivity contribution in [3.63, 3.8) is 0 Å². The first kappa shape index (κ1) is 19.2.